The molecule has 6 heteroatoms. The molecule has 28 heavy (non-hydrogen) atoms. The van der Waals surface area contributed by atoms with Gasteiger partial charge >= 0.3 is 5.97 Å². The van der Waals surface area contributed by atoms with Crippen LogP contribution in [-0.2, 0) is 9.59 Å². The first-order chi connectivity index (χ1) is 13.2. The fraction of sp³-hybridized carbons (Fsp3) is 0.273. The third kappa shape index (κ3) is 3.86. The number of hydrogen-bond acceptors (Lipinski definition) is 5. The van der Waals surface area contributed by atoms with E-state index in [1.54, 1.807) is 77.5 Å². The molecular weight excluding hydrogens is 358 g/mol. The molecule has 2 aromatic carbocycles. The molecule has 1 N–H and O–H groups in total. The minimum Gasteiger partial charge on any atom is -0.493 e. The molecule has 1 heterocycles. The summed E-state index contributed by atoms with van der Waals surface area (Å²) in [5, 5.41) is 2.84. The molecule has 1 aliphatic rings. The summed E-state index contributed by atoms with van der Waals surface area (Å²) in [7, 11) is 3.10. The number of fused-ring (bicyclic) bond motifs is 1. The van der Waals surface area contributed by atoms with Gasteiger partial charge in [0.25, 0.3) is 5.91 Å². The summed E-state index contributed by atoms with van der Waals surface area (Å²) < 4.78 is 16.0. The molecule has 2 aromatic rings. The number of anilines is 1. The van der Waals surface area contributed by atoms with Gasteiger partial charge in [0.05, 0.1) is 25.3 Å². The lowest BCUT2D eigenvalue weighted by atomic mass is 9.97. The molecule has 0 spiro atoms. The minimum atomic E-state index is -0.577. The summed E-state index contributed by atoms with van der Waals surface area (Å²) in [5.74, 6) is 1.06. The van der Waals surface area contributed by atoms with E-state index in [1.165, 1.54) is 0 Å². The summed E-state index contributed by atoms with van der Waals surface area (Å²) >= 11 is 0. The fourth-order valence-corrected chi connectivity index (χ4v) is 2.72. The monoisotopic (exact) mass is 381 g/mol. The van der Waals surface area contributed by atoms with E-state index >= 15 is 0 Å². The highest BCUT2D eigenvalue weighted by molar-refractivity contribution is 6.35. The quantitative estimate of drug-likeness (QED) is 0.489. The van der Waals surface area contributed by atoms with Gasteiger partial charge in [-0.2, -0.15) is 0 Å². The largest absolute Gasteiger partial charge is 0.493 e. The zero-order valence-corrected chi connectivity index (χ0v) is 16.6. The second-order valence-electron chi connectivity index (χ2n) is 7.47. The van der Waals surface area contributed by atoms with Gasteiger partial charge in [0.1, 0.15) is 5.75 Å². The van der Waals surface area contributed by atoms with Gasteiger partial charge in [-0.25, -0.2) is 0 Å². The van der Waals surface area contributed by atoms with Crippen molar-refractivity contribution in [3.63, 3.8) is 0 Å². The van der Waals surface area contributed by atoms with Crippen molar-refractivity contribution in [3.8, 4) is 17.2 Å². The van der Waals surface area contributed by atoms with Crippen LogP contribution in [0.15, 0.2) is 36.4 Å². The van der Waals surface area contributed by atoms with E-state index in [0.717, 1.165) is 11.1 Å². The third-order valence-electron chi connectivity index (χ3n) is 4.32. The summed E-state index contributed by atoms with van der Waals surface area (Å²) in [6, 6.07) is 10.5. The maximum absolute atomic E-state index is 12.4. The molecule has 3 rings (SSSR count). The van der Waals surface area contributed by atoms with Crippen LogP contribution in [0, 0.1) is 5.41 Å². The Morgan fingerprint density at radius 2 is 1.61 bits per heavy atom. The number of carbonyl (C=O) groups is 2. The average molecular weight is 381 g/mol. The SMILES string of the molecule is COc1cc2c(cc1OC)/C(=C\c1ccc(OC(=O)C(C)(C)C)cc1)C(=O)N2. The zero-order valence-electron chi connectivity index (χ0n) is 16.6. The van der Waals surface area contributed by atoms with Crippen LogP contribution >= 0.6 is 0 Å². The molecular formula is C22H23NO5. The van der Waals surface area contributed by atoms with Gasteiger partial charge in [0.15, 0.2) is 11.5 Å². The van der Waals surface area contributed by atoms with E-state index in [1.807, 2.05) is 0 Å². The molecule has 0 radical (unpaired) electrons. The number of ether oxygens (including phenoxy) is 3. The number of carbonyl (C=O) groups excluding carboxylic acids is 2. The van der Waals surface area contributed by atoms with Crippen LogP contribution < -0.4 is 19.5 Å². The van der Waals surface area contributed by atoms with Gasteiger partial charge in [-0.15, -0.1) is 0 Å². The Labute approximate surface area is 164 Å². The lowest BCUT2D eigenvalue weighted by Crippen LogP contribution is -2.25. The predicted molar refractivity (Wildman–Crippen MR) is 108 cm³/mol. The Morgan fingerprint density at radius 3 is 2.18 bits per heavy atom. The standard InChI is InChI=1S/C22H23NO5/c1-22(2,3)21(25)28-14-8-6-13(7-9-14)10-16-15-11-18(26-4)19(27-5)12-17(15)23-20(16)24/h6-12H,1-5H3,(H,23,24)/b16-10+. The van der Waals surface area contributed by atoms with Crippen LogP contribution in [0.1, 0.15) is 31.9 Å². The minimum absolute atomic E-state index is 0.200. The predicted octanol–water partition coefficient (Wildman–Crippen LogP) is 4.15. The van der Waals surface area contributed by atoms with Gasteiger partial charge in [-0.05, 0) is 50.6 Å². The summed E-state index contributed by atoms with van der Waals surface area (Å²) in [6.45, 7) is 5.40. The summed E-state index contributed by atoms with van der Waals surface area (Å²) in [4.78, 5) is 24.4. The fourth-order valence-electron chi connectivity index (χ4n) is 2.72. The second-order valence-corrected chi connectivity index (χ2v) is 7.47. The number of nitrogens with one attached hydrogen (secondary N) is 1. The van der Waals surface area contributed by atoms with Crippen molar-refractivity contribution in [2.75, 3.05) is 19.5 Å². The van der Waals surface area contributed by atoms with E-state index in [2.05, 4.69) is 5.32 Å². The Hall–Kier alpha value is -3.28. The van der Waals surface area contributed by atoms with Gasteiger partial charge in [-0.3, -0.25) is 9.59 Å². The molecule has 6 nitrogen and oxygen atoms in total. The first kappa shape index (κ1) is 19.5. The van der Waals surface area contributed by atoms with Crippen LogP contribution in [0.5, 0.6) is 17.2 Å². The lowest BCUT2D eigenvalue weighted by Gasteiger charge is -2.16. The van der Waals surface area contributed by atoms with Crippen LogP contribution in [0.2, 0.25) is 0 Å². The number of methoxy groups -OCH3 is 2. The van der Waals surface area contributed by atoms with E-state index in [0.29, 0.717) is 28.5 Å². The summed E-state index contributed by atoms with van der Waals surface area (Å²) in [5.41, 5.74) is 2.17. The zero-order chi connectivity index (χ0) is 20.5. The van der Waals surface area contributed by atoms with Crippen molar-refractivity contribution < 1.29 is 23.8 Å². The van der Waals surface area contributed by atoms with Crippen LogP contribution in [0.25, 0.3) is 11.6 Å². The highest BCUT2D eigenvalue weighted by Gasteiger charge is 2.27. The first-order valence-corrected chi connectivity index (χ1v) is 8.84. The Morgan fingerprint density at radius 1 is 1.00 bits per heavy atom. The Bertz CT molecular complexity index is 952. The number of hydrogen-bond donors (Lipinski definition) is 1. The maximum Gasteiger partial charge on any atom is 0.316 e. The normalized spacial score (nSPS) is 14.5. The number of benzene rings is 2. The molecule has 0 aromatic heterocycles. The molecule has 1 amide bonds. The van der Waals surface area contributed by atoms with Crippen molar-refractivity contribution >= 4 is 29.2 Å². The van der Waals surface area contributed by atoms with Crippen molar-refractivity contribution in [2.24, 2.45) is 5.41 Å². The molecule has 1 aliphatic heterocycles. The molecule has 0 fully saturated rings. The van der Waals surface area contributed by atoms with Crippen molar-refractivity contribution in [1.29, 1.82) is 0 Å². The van der Waals surface area contributed by atoms with Crippen molar-refractivity contribution in [2.45, 2.75) is 20.8 Å². The van der Waals surface area contributed by atoms with Crippen LogP contribution in [0.4, 0.5) is 5.69 Å². The third-order valence-corrected chi connectivity index (χ3v) is 4.32. The molecule has 0 atom stereocenters. The highest BCUT2D eigenvalue weighted by atomic mass is 16.5. The number of rotatable bonds is 4. The maximum atomic E-state index is 12.4. The second kappa shape index (κ2) is 7.38. The molecule has 0 aliphatic carbocycles. The van der Waals surface area contributed by atoms with Gasteiger partial charge in [0.2, 0.25) is 0 Å². The van der Waals surface area contributed by atoms with E-state index in [4.69, 9.17) is 14.2 Å². The average Bonchev–Trinajstić information content (AvgIpc) is 2.95. The smallest absolute Gasteiger partial charge is 0.316 e. The molecule has 146 valence electrons. The van der Waals surface area contributed by atoms with Gasteiger partial charge in [0, 0.05) is 17.2 Å². The molecule has 0 saturated carbocycles. The van der Waals surface area contributed by atoms with Gasteiger partial charge in [-0.1, -0.05) is 12.1 Å². The highest BCUT2D eigenvalue weighted by Crippen LogP contribution is 2.41. The van der Waals surface area contributed by atoms with E-state index in [9.17, 15) is 9.59 Å². The molecule has 0 unspecified atom stereocenters. The van der Waals surface area contributed by atoms with Crippen LogP contribution in [-0.4, -0.2) is 26.1 Å². The topological polar surface area (TPSA) is 73.9 Å². The van der Waals surface area contributed by atoms with E-state index < -0.39 is 5.41 Å². The lowest BCUT2D eigenvalue weighted by molar-refractivity contribution is -0.143. The molecule has 0 bridgehead atoms. The van der Waals surface area contributed by atoms with Crippen LogP contribution in [0.3, 0.4) is 0 Å². The van der Waals surface area contributed by atoms with E-state index in [-0.39, 0.29) is 11.9 Å². The Kier molecular flexibility index (Phi) is 5.14. The summed E-state index contributed by atoms with van der Waals surface area (Å²) in [6.07, 6.45) is 1.78. The van der Waals surface area contributed by atoms with Crippen molar-refractivity contribution in [3.05, 3.63) is 47.5 Å². The first-order valence-electron chi connectivity index (χ1n) is 8.84. The van der Waals surface area contributed by atoms with Crippen molar-refractivity contribution in [1.82, 2.24) is 0 Å². The molecule has 0 saturated heterocycles. The van der Waals surface area contributed by atoms with Gasteiger partial charge < -0.3 is 19.5 Å². The number of amides is 1. The number of esters is 1. The Balaban J connectivity index is 1.89.